The second kappa shape index (κ2) is 7.51. The zero-order valence-electron chi connectivity index (χ0n) is 23.1. The smallest absolute Gasteiger partial charge is 0.312 e. The first kappa shape index (κ1) is 24.0. The molecule has 4 aliphatic heterocycles. The van der Waals surface area contributed by atoms with Crippen LogP contribution in [0.3, 0.4) is 0 Å². The van der Waals surface area contributed by atoms with Crippen LogP contribution in [0.15, 0.2) is 0 Å². The average molecular weight is 499 g/mol. The van der Waals surface area contributed by atoms with E-state index in [1.165, 1.54) is 12.8 Å². The van der Waals surface area contributed by atoms with Crippen molar-refractivity contribution in [1.29, 1.82) is 0 Å². The van der Waals surface area contributed by atoms with Crippen LogP contribution in [-0.2, 0) is 23.8 Å². The Morgan fingerprint density at radius 1 is 0.694 bits per heavy atom. The van der Waals surface area contributed by atoms with Gasteiger partial charge >= 0.3 is 11.9 Å². The third kappa shape index (κ3) is 3.22. The van der Waals surface area contributed by atoms with E-state index in [0.717, 1.165) is 35.0 Å². The summed E-state index contributed by atoms with van der Waals surface area (Å²) in [4.78, 5) is 22.9. The summed E-state index contributed by atoms with van der Waals surface area (Å²) in [5.41, 5.74) is 1.43. The van der Waals surface area contributed by atoms with E-state index in [0.29, 0.717) is 23.7 Å². The van der Waals surface area contributed by atoms with Gasteiger partial charge < -0.3 is 14.2 Å². The van der Waals surface area contributed by atoms with Crippen molar-refractivity contribution in [2.24, 2.45) is 63.6 Å². The topological polar surface area (TPSA) is 61.8 Å². The van der Waals surface area contributed by atoms with Crippen LogP contribution < -0.4 is 0 Å². The molecule has 4 heterocycles. The van der Waals surface area contributed by atoms with Crippen LogP contribution in [0, 0.1) is 63.6 Å². The van der Waals surface area contributed by atoms with Gasteiger partial charge in [-0.05, 0) is 98.7 Å². The minimum absolute atomic E-state index is 0.0376. The zero-order chi connectivity index (χ0) is 25.4. The largest absolute Gasteiger partial charge is 0.461 e. The van der Waals surface area contributed by atoms with Gasteiger partial charge in [-0.3, -0.25) is 9.59 Å². The summed E-state index contributed by atoms with van der Waals surface area (Å²) in [6.07, 6.45) is 12.3. The molecule has 0 aromatic rings. The third-order valence-corrected chi connectivity index (χ3v) is 12.7. The number of ether oxygens (including phenoxy) is 3. The average Bonchev–Trinajstić information content (AvgIpc) is 3.53. The van der Waals surface area contributed by atoms with Crippen molar-refractivity contribution in [2.45, 2.75) is 117 Å². The van der Waals surface area contributed by atoms with E-state index in [4.69, 9.17) is 14.2 Å². The molecule has 0 aromatic carbocycles. The van der Waals surface area contributed by atoms with Crippen molar-refractivity contribution >= 4 is 11.9 Å². The molecular weight excluding hydrogens is 452 g/mol. The predicted molar refractivity (Wildman–Crippen MR) is 135 cm³/mol. The Bertz CT molecular complexity index is 940. The minimum Gasteiger partial charge on any atom is -0.461 e. The number of rotatable bonds is 0. The highest BCUT2D eigenvalue weighted by molar-refractivity contribution is 5.80. The molecule has 4 saturated heterocycles. The molecule has 7 unspecified atom stereocenters. The Labute approximate surface area is 216 Å². The van der Waals surface area contributed by atoms with Crippen molar-refractivity contribution in [3.8, 4) is 0 Å². The van der Waals surface area contributed by atoms with Gasteiger partial charge in [0.1, 0.15) is 18.3 Å². The molecule has 0 N–H and O–H groups in total. The summed E-state index contributed by atoms with van der Waals surface area (Å²) in [7, 11) is 0. The molecule has 200 valence electrons. The van der Waals surface area contributed by atoms with Crippen molar-refractivity contribution < 1.29 is 23.8 Å². The Kier molecular flexibility index (Phi) is 5.00. The number of hydrogen-bond donors (Lipinski definition) is 0. The van der Waals surface area contributed by atoms with E-state index >= 15 is 0 Å². The van der Waals surface area contributed by atoms with Gasteiger partial charge in [0.15, 0.2) is 0 Å². The van der Waals surface area contributed by atoms with Crippen LogP contribution in [0.5, 0.6) is 0 Å². The summed E-state index contributed by atoms with van der Waals surface area (Å²) in [5.74, 6) is 4.98. The van der Waals surface area contributed by atoms with Crippen molar-refractivity contribution in [3.05, 3.63) is 0 Å². The quantitative estimate of drug-likeness (QED) is 0.396. The number of hydrogen-bond acceptors (Lipinski definition) is 5. The van der Waals surface area contributed by atoms with Gasteiger partial charge in [0.25, 0.3) is 0 Å². The van der Waals surface area contributed by atoms with Crippen LogP contribution in [-0.4, -0.2) is 36.4 Å². The molecule has 0 aromatic heterocycles. The number of fused-ring (bicyclic) bond motifs is 2. The monoisotopic (exact) mass is 498 g/mol. The zero-order valence-corrected chi connectivity index (χ0v) is 23.1. The molecule has 8 bridgehead atoms. The molecule has 0 radical (unpaired) electrons. The molecule has 10 rings (SSSR count). The molecular formula is C31H46O5. The Morgan fingerprint density at radius 2 is 1.33 bits per heavy atom. The van der Waals surface area contributed by atoms with E-state index in [1.807, 2.05) is 0 Å². The summed E-state index contributed by atoms with van der Waals surface area (Å²) >= 11 is 0. The maximum Gasteiger partial charge on any atom is 0.312 e. The molecule has 5 heteroatoms. The van der Waals surface area contributed by atoms with E-state index in [9.17, 15) is 9.59 Å². The van der Waals surface area contributed by atoms with Gasteiger partial charge in [-0.15, -0.1) is 0 Å². The van der Waals surface area contributed by atoms with Gasteiger partial charge in [0.05, 0.1) is 17.4 Å². The highest BCUT2D eigenvalue weighted by Gasteiger charge is 2.67. The Morgan fingerprint density at radius 3 is 1.86 bits per heavy atom. The Balaban J connectivity index is 0.0000000919. The van der Waals surface area contributed by atoms with Gasteiger partial charge in [0.2, 0.25) is 0 Å². The fourth-order valence-electron chi connectivity index (χ4n) is 11.8. The second-order valence-corrected chi connectivity index (χ2v) is 15.7. The number of carbonyl (C=O) groups is 2. The van der Waals surface area contributed by atoms with Crippen molar-refractivity contribution in [3.63, 3.8) is 0 Å². The van der Waals surface area contributed by atoms with Crippen molar-refractivity contribution in [1.82, 2.24) is 0 Å². The lowest BCUT2D eigenvalue weighted by molar-refractivity contribution is -0.147. The lowest BCUT2D eigenvalue weighted by Gasteiger charge is -2.60. The third-order valence-electron chi connectivity index (χ3n) is 12.7. The highest BCUT2D eigenvalue weighted by Crippen LogP contribution is 2.65. The molecule has 36 heavy (non-hydrogen) atoms. The van der Waals surface area contributed by atoms with Crippen LogP contribution in [0.2, 0.25) is 0 Å². The van der Waals surface area contributed by atoms with E-state index < -0.39 is 0 Å². The molecule has 0 spiro atoms. The molecule has 6 saturated carbocycles. The summed E-state index contributed by atoms with van der Waals surface area (Å²) in [6.45, 7) is 13.6. The summed E-state index contributed by atoms with van der Waals surface area (Å²) in [5, 5.41) is 0. The van der Waals surface area contributed by atoms with E-state index in [2.05, 4.69) is 41.5 Å². The van der Waals surface area contributed by atoms with Gasteiger partial charge in [-0.25, -0.2) is 0 Å². The molecule has 6 aliphatic carbocycles. The highest BCUT2D eigenvalue weighted by atomic mass is 16.6. The van der Waals surface area contributed by atoms with E-state index in [-0.39, 0.29) is 47.7 Å². The first-order chi connectivity index (χ1) is 16.9. The standard InChI is InChI=1S/C12H20.C10H14O2.C9H12O3/c1-11-4-9-3-10(5-11)7-12(2,6-9)8-11;1-5-6-3-7-8(5)12-9(11)10(7,2)4-6;1-3-5-8-7(12-9(5)10)4(2)6(3)11-8/h9-10H,3-8H2,1-2H3;5-8H,3-4H2,1-2H3;3-8H,1-2H3/t;5-,6?,7?,8?,10-;3-,4-,5?,6?,7?,8?/m.11/s1. The molecule has 5 nitrogen and oxygen atoms in total. The first-order valence-corrected chi connectivity index (χ1v) is 15.0. The number of carbonyl (C=O) groups excluding carboxylic acids is 2. The van der Waals surface area contributed by atoms with Crippen LogP contribution in [0.4, 0.5) is 0 Å². The number of esters is 2. The lowest BCUT2D eigenvalue weighted by Crippen LogP contribution is -2.49. The fourth-order valence-corrected chi connectivity index (χ4v) is 11.8. The van der Waals surface area contributed by atoms with Crippen LogP contribution >= 0.6 is 0 Å². The molecule has 11 atom stereocenters. The summed E-state index contributed by atoms with van der Waals surface area (Å²) in [6, 6.07) is 0. The normalized spacial score (nSPS) is 61.5. The second-order valence-electron chi connectivity index (χ2n) is 15.7. The van der Waals surface area contributed by atoms with Crippen LogP contribution in [0.25, 0.3) is 0 Å². The molecule has 10 aliphatic rings. The van der Waals surface area contributed by atoms with Gasteiger partial charge in [-0.2, -0.15) is 0 Å². The summed E-state index contributed by atoms with van der Waals surface area (Å²) < 4.78 is 16.4. The maximum atomic E-state index is 11.5. The van der Waals surface area contributed by atoms with Crippen molar-refractivity contribution in [2.75, 3.05) is 0 Å². The van der Waals surface area contributed by atoms with Crippen LogP contribution in [0.1, 0.15) is 92.9 Å². The van der Waals surface area contributed by atoms with E-state index in [1.54, 1.807) is 32.1 Å². The fraction of sp³-hybridized carbons (Fsp3) is 0.935. The predicted octanol–water partition coefficient (Wildman–Crippen LogP) is 5.79. The molecule has 10 fully saturated rings. The SMILES string of the molecule is CC12CC3CC(C1)CC(C)(C3)C2.C[C@@H]1C2C(=O)OC3C2OC1[C@H]3C.C[C@@H]1C2CC3C1OC(=O)[C@]3(C)C2. The minimum atomic E-state index is -0.0954. The van der Waals surface area contributed by atoms with Gasteiger partial charge in [-0.1, -0.05) is 34.6 Å². The Hall–Kier alpha value is -1.10. The lowest BCUT2D eigenvalue weighted by atomic mass is 9.45. The molecule has 0 amide bonds. The first-order valence-electron chi connectivity index (χ1n) is 15.0. The van der Waals surface area contributed by atoms with Gasteiger partial charge in [0, 0.05) is 11.8 Å². The maximum absolute atomic E-state index is 11.5.